The van der Waals surface area contributed by atoms with Crippen molar-refractivity contribution >= 4 is 43.6 Å². The first-order valence-corrected chi connectivity index (χ1v) is 22.2. The van der Waals surface area contributed by atoms with Gasteiger partial charge in [0.15, 0.2) is 0 Å². The van der Waals surface area contributed by atoms with Gasteiger partial charge in [0.05, 0.1) is 0 Å². The monoisotopic (exact) mass is 698 g/mol. The third kappa shape index (κ3) is 11.8. The van der Waals surface area contributed by atoms with Gasteiger partial charge < -0.3 is 0 Å². The van der Waals surface area contributed by atoms with Gasteiger partial charge in [-0.05, 0) is 0 Å². The standard InChI is InChI=1S/C30H46F3IO3SSi/c1-5-6-7-8-9-10-11-12-13-14-15-16-19-26-22-24-27(25-23-26)34(37-38(35,36)30(31,32)33)28-20-17-18-21-29(28)39(2,3)4/h17-18,20-25H,5-16,19H2,1-4H3. The molecule has 39 heavy (non-hydrogen) atoms. The van der Waals surface area contributed by atoms with Gasteiger partial charge >= 0.3 is 205 Å². The quantitative estimate of drug-likeness (QED) is 0.0674. The fraction of sp³-hybridized carbons (Fsp3) is 0.600. The molecule has 2 rings (SSSR count). The summed E-state index contributed by atoms with van der Waals surface area (Å²) in [7, 11) is -7.68. The number of aryl methyl sites for hydroxylation is 1. The van der Waals surface area contributed by atoms with Crippen LogP contribution in [0.15, 0.2) is 48.5 Å². The number of rotatable bonds is 18. The van der Waals surface area contributed by atoms with Crippen LogP contribution in [0.2, 0.25) is 19.6 Å². The van der Waals surface area contributed by atoms with Crippen molar-refractivity contribution < 1.29 is 24.1 Å². The van der Waals surface area contributed by atoms with E-state index in [0.29, 0.717) is 7.14 Å². The number of alkyl halides is 3. The molecule has 0 fully saturated rings. The Morgan fingerprint density at radius 2 is 1.23 bits per heavy atom. The van der Waals surface area contributed by atoms with E-state index in [9.17, 15) is 21.6 Å². The zero-order chi connectivity index (χ0) is 28.9. The van der Waals surface area contributed by atoms with Crippen molar-refractivity contribution in [2.45, 2.75) is 116 Å². The second-order valence-corrected chi connectivity index (χ2v) is 22.6. The van der Waals surface area contributed by atoms with Crippen molar-refractivity contribution in [1.29, 1.82) is 0 Å². The number of hydrogen-bond donors (Lipinski definition) is 0. The molecule has 9 heteroatoms. The van der Waals surface area contributed by atoms with E-state index in [0.717, 1.165) is 30.0 Å². The molecule has 3 nitrogen and oxygen atoms in total. The van der Waals surface area contributed by atoms with Crippen LogP contribution in [0.5, 0.6) is 0 Å². The molecular weight excluding hydrogens is 652 g/mol. The van der Waals surface area contributed by atoms with Gasteiger partial charge in [-0.15, -0.1) is 0 Å². The van der Waals surface area contributed by atoms with Crippen molar-refractivity contribution in [2.75, 3.05) is 0 Å². The summed E-state index contributed by atoms with van der Waals surface area (Å²) in [4.78, 5) is 0. The summed E-state index contributed by atoms with van der Waals surface area (Å²) in [6.07, 6.45) is 16.3. The van der Waals surface area contributed by atoms with E-state index in [1.54, 1.807) is 24.3 Å². The summed E-state index contributed by atoms with van der Waals surface area (Å²) in [5.41, 5.74) is -4.34. The molecule has 2 aromatic carbocycles. The fourth-order valence-corrected chi connectivity index (χ4v) is 15.4. The zero-order valence-electron chi connectivity index (χ0n) is 24.0. The molecular formula is C30H46F3IO3SSi. The second-order valence-electron chi connectivity index (χ2n) is 11.2. The molecule has 0 atom stereocenters. The minimum absolute atomic E-state index is 0.552. The van der Waals surface area contributed by atoms with E-state index in [1.807, 2.05) is 24.3 Å². The summed E-state index contributed by atoms with van der Waals surface area (Å²) in [5.74, 6) is 0. The Kier molecular flexibility index (Phi) is 14.5. The van der Waals surface area contributed by atoms with Crippen LogP contribution in [0, 0.1) is 7.14 Å². The summed E-state index contributed by atoms with van der Waals surface area (Å²) in [5, 5.41) is 0.938. The first-order valence-electron chi connectivity index (χ1n) is 14.3. The molecule has 0 heterocycles. The van der Waals surface area contributed by atoms with Crippen molar-refractivity contribution in [3.8, 4) is 0 Å². The zero-order valence-corrected chi connectivity index (χ0v) is 27.9. The normalized spacial score (nSPS) is 13.1. The number of hydrogen-bond acceptors (Lipinski definition) is 3. The predicted octanol–water partition coefficient (Wildman–Crippen LogP) is 9.80. The van der Waals surface area contributed by atoms with Gasteiger partial charge in [0.2, 0.25) is 0 Å². The first kappa shape index (κ1) is 34.3. The number of unbranched alkanes of at least 4 members (excludes halogenated alkanes) is 11. The van der Waals surface area contributed by atoms with Gasteiger partial charge in [0, 0.05) is 0 Å². The molecule has 0 aromatic heterocycles. The van der Waals surface area contributed by atoms with Gasteiger partial charge in [0.1, 0.15) is 0 Å². The Bertz CT molecular complexity index is 1080. The molecule has 0 amide bonds. The van der Waals surface area contributed by atoms with Gasteiger partial charge in [-0.2, -0.15) is 0 Å². The van der Waals surface area contributed by atoms with Crippen molar-refractivity contribution in [3.05, 3.63) is 61.2 Å². The Labute approximate surface area is 243 Å². The van der Waals surface area contributed by atoms with Crippen molar-refractivity contribution in [3.63, 3.8) is 0 Å². The van der Waals surface area contributed by atoms with Gasteiger partial charge in [-0.1, -0.05) is 39.0 Å². The van der Waals surface area contributed by atoms with Gasteiger partial charge in [0.25, 0.3) is 0 Å². The van der Waals surface area contributed by atoms with Crippen LogP contribution < -0.4 is 5.19 Å². The van der Waals surface area contributed by atoms with E-state index in [1.165, 1.54) is 64.2 Å². The van der Waals surface area contributed by atoms with Crippen LogP contribution in [0.25, 0.3) is 0 Å². The summed E-state index contributed by atoms with van der Waals surface area (Å²) in [6.45, 7) is 8.52. The van der Waals surface area contributed by atoms with Crippen LogP contribution in [-0.2, 0) is 19.1 Å². The summed E-state index contributed by atoms with van der Waals surface area (Å²) in [6, 6.07) is 14.6. The van der Waals surface area contributed by atoms with Gasteiger partial charge in [-0.3, -0.25) is 0 Å². The van der Waals surface area contributed by atoms with Gasteiger partial charge in [-0.25, -0.2) is 0 Å². The van der Waals surface area contributed by atoms with E-state index in [-0.39, 0.29) is 0 Å². The summed E-state index contributed by atoms with van der Waals surface area (Å²) >= 11 is -3.40. The maximum atomic E-state index is 13.3. The number of benzene rings is 2. The van der Waals surface area contributed by atoms with E-state index < -0.39 is 43.9 Å². The molecule has 0 N–H and O–H groups in total. The average Bonchev–Trinajstić information content (AvgIpc) is 2.87. The Morgan fingerprint density at radius 3 is 1.72 bits per heavy atom. The Morgan fingerprint density at radius 1 is 0.744 bits per heavy atom. The maximum absolute atomic E-state index is 13.3. The minimum atomic E-state index is -5.72. The Balaban J connectivity index is 1.97. The molecule has 0 saturated carbocycles. The molecule has 0 aliphatic carbocycles. The summed E-state index contributed by atoms with van der Waals surface area (Å²) < 4.78 is 70.3. The van der Waals surface area contributed by atoms with E-state index in [2.05, 4.69) is 26.6 Å². The van der Waals surface area contributed by atoms with Crippen LogP contribution in [0.1, 0.15) is 89.5 Å². The Hall–Kier alpha value is -0.913. The molecule has 2 aromatic rings. The van der Waals surface area contributed by atoms with Crippen LogP contribution in [0.3, 0.4) is 0 Å². The molecule has 0 spiro atoms. The van der Waals surface area contributed by atoms with Crippen LogP contribution in [0.4, 0.5) is 13.2 Å². The van der Waals surface area contributed by atoms with Crippen LogP contribution in [-0.4, -0.2) is 22.0 Å². The molecule has 0 saturated heterocycles. The molecule has 222 valence electrons. The topological polar surface area (TPSA) is 43.4 Å². The van der Waals surface area contributed by atoms with E-state index >= 15 is 0 Å². The fourth-order valence-electron chi connectivity index (χ4n) is 4.46. The van der Waals surface area contributed by atoms with Crippen molar-refractivity contribution in [1.82, 2.24) is 0 Å². The van der Waals surface area contributed by atoms with Crippen molar-refractivity contribution in [2.24, 2.45) is 0 Å². The molecule has 0 aliphatic heterocycles. The average molecular weight is 699 g/mol. The van der Waals surface area contributed by atoms with E-state index in [4.69, 9.17) is 2.51 Å². The molecule has 0 unspecified atom stereocenters. The second kappa shape index (κ2) is 16.5. The SMILES string of the molecule is CCCCCCCCCCCCCCc1ccc(I(OS(=O)(=O)C(F)(F)F)c2ccccc2[Si](C)(C)C)cc1. The molecule has 0 aliphatic rings. The first-order chi connectivity index (χ1) is 18.4. The molecule has 0 radical (unpaired) electrons. The number of halogens is 4. The van der Waals surface area contributed by atoms with Crippen LogP contribution >= 0.6 is 20.2 Å². The predicted molar refractivity (Wildman–Crippen MR) is 168 cm³/mol. The third-order valence-corrected chi connectivity index (χ3v) is 16.5. The third-order valence-electron chi connectivity index (χ3n) is 6.73. The molecule has 0 bridgehead atoms.